The van der Waals surface area contributed by atoms with Gasteiger partial charge in [0.2, 0.25) is 0 Å². The van der Waals surface area contributed by atoms with E-state index in [0.717, 1.165) is 12.1 Å². The summed E-state index contributed by atoms with van der Waals surface area (Å²) in [7, 11) is 2.11. The molecular weight excluding hydrogens is 357 g/mol. The van der Waals surface area contributed by atoms with Crippen LogP contribution in [0.15, 0.2) is 48.5 Å². The smallest absolute Gasteiger partial charge is 0.253 e. The Labute approximate surface area is 162 Å². The molecule has 2 aromatic carbocycles. The number of carbonyl (C=O) groups is 1. The van der Waals surface area contributed by atoms with Crippen LogP contribution in [0.2, 0.25) is 0 Å². The SMILES string of the molecule is CC(C)N(C)Cc1cccc(CNC(=O)c2ccccc2N)c1.Cl.Cl. The molecule has 3 N–H and O–H groups in total. The van der Waals surface area contributed by atoms with Crippen molar-refractivity contribution in [3.8, 4) is 0 Å². The van der Waals surface area contributed by atoms with Crippen molar-refractivity contribution in [2.24, 2.45) is 0 Å². The molecule has 0 bridgehead atoms. The predicted octanol–water partition coefficient (Wildman–Crippen LogP) is 3.88. The first kappa shape index (κ1) is 23.2. The van der Waals surface area contributed by atoms with Crippen molar-refractivity contribution < 1.29 is 4.79 Å². The van der Waals surface area contributed by atoms with E-state index in [-0.39, 0.29) is 30.7 Å². The first-order chi connectivity index (χ1) is 11.0. The predicted molar refractivity (Wildman–Crippen MR) is 110 cm³/mol. The van der Waals surface area contributed by atoms with E-state index in [2.05, 4.69) is 43.2 Å². The number of carbonyl (C=O) groups excluding carboxylic acids is 1. The van der Waals surface area contributed by atoms with Gasteiger partial charge in [-0.25, -0.2) is 0 Å². The summed E-state index contributed by atoms with van der Waals surface area (Å²) >= 11 is 0. The lowest BCUT2D eigenvalue weighted by Gasteiger charge is -2.21. The van der Waals surface area contributed by atoms with Crippen molar-refractivity contribution in [1.29, 1.82) is 0 Å². The summed E-state index contributed by atoms with van der Waals surface area (Å²) in [6, 6.07) is 15.9. The fourth-order valence-corrected chi connectivity index (χ4v) is 2.29. The fourth-order valence-electron chi connectivity index (χ4n) is 2.29. The minimum Gasteiger partial charge on any atom is -0.398 e. The van der Waals surface area contributed by atoms with Crippen molar-refractivity contribution in [3.05, 3.63) is 65.2 Å². The highest BCUT2D eigenvalue weighted by molar-refractivity contribution is 5.98. The van der Waals surface area contributed by atoms with Gasteiger partial charge in [0.15, 0.2) is 0 Å². The Morgan fingerprint density at radius 1 is 1.08 bits per heavy atom. The number of nitrogens with two attached hydrogens (primary N) is 1. The largest absolute Gasteiger partial charge is 0.398 e. The lowest BCUT2D eigenvalue weighted by molar-refractivity contribution is 0.0952. The second kappa shape index (κ2) is 11.0. The van der Waals surface area contributed by atoms with Gasteiger partial charge in [0.25, 0.3) is 5.91 Å². The Hall–Kier alpha value is -1.75. The Morgan fingerprint density at radius 2 is 1.72 bits per heavy atom. The Bertz CT molecular complexity index is 677. The highest BCUT2D eigenvalue weighted by Crippen LogP contribution is 2.12. The Balaban J connectivity index is 0.00000288. The lowest BCUT2D eigenvalue weighted by atomic mass is 10.1. The summed E-state index contributed by atoms with van der Waals surface area (Å²) in [6.07, 6.45) is 0. The molecule has 0 saturated heterocycles. The zero-order valence-corrected chi connectivity index (χ0v) is 16.5. The maximum absolute atomic E-state index is 12.2. The molecule has 138 valence electrons. The van der Waals surface area contributed by atoms with Gasteiger partial charge in [0.05, 0.1) is 5.56 Å². The van der Waals surface area contributed by atoms with Crippen LogP contribution in [0.4, 0.5) is 5.69 Å². The van der Waals surface area contributed by atoms with Crippen LogP contribution < -0.4 is 11.1 Å². The van der Waals surface area contributed by atoms with E-state index in [4.69, 9.17) is 5.73 Å². The molecule has 25 heavy (non-hydrogen) atoms. The Kier molecular flexibility index (Phi) is 10.2. The monoisotopic (exact) mass is 383 g/mol. The number of hydrogen-bond acceptors (Lipinski definition) is 3. The van der Waals surface area contributed by atoms with Gasteiger partial charge in [-0.1, -0.05) is 36.4 Å². The standard InChI is InChI=1S/C19H25N3O.2ClH/c1-14(2)22(3)13-16-8-6-7-15(11-16)12-21-19(23)17-9-4-5-10-18(17)20;;/h4-11,14H,12-13,20H2,1-3H3,(H,21,23);2*1H. The van der Waals surface area contributed by atoms with Crippen LogP contribution in [0.1, 0.15) is 35.3 Å². The maximum atomic E-state index is 12.2. The molecule has 0 unspecified atom stereocenters. The number of anilines is 1. The molecule has 0 saturated carbocycles. The summed E-state index contributed by atoms with van der Waals surface area (Å²) in [5, 5.41) is 2.93. The van der Waals surface area contributed by atoms with Gasteiger partial charge in [-0.05, 0) is 44.2 Å². The molecule has 0 aliphatic heterocycles. The molecule has 0 radical (unpaired) electrons. The first-order valence-electron chi connectivity index (χ1n) is 7.88. The van der Waals surface area contributed by atoms with E-state index in [0.29, 0.717) is 23.8 Å². The molecule has 0 atom stereocenters. The van der Waals surface area contributed by atoms with Crippen LogP contribution in [0.25, 0.3) is 0 Å². The van der Waals surface area contributed by atoms with Crippen molar-refractivity contribution in [2.75, 3.05) is 12.8 Å². The molecule has 0 fully saturated rings. The quantitative estimate of drug-likeness (QED) is 0.743. The number of amides is 1. The van der Waals surface area contributed by atoms with E-state index >= 15 is 0 Å². The zero-order valence-electron chi connectivity index (χ0n) is 14.9. The third-order valence-corrected chi connectivity index (χ3v) is 3.96. The molecule has 2 aromatic rings. The number of para-hydroxylation sites is 1. The number of benzene rings is 2. The molecular formula is C19H27Cl2N3O. The van der Waals surface area contributed by atoms with Gasteiger partial charge < -0.3 is 11.1 Å². The molecule has 0 aliphatic rings. The molecule has 4 nitrogen and oxygen atoms in total. The summed E-state index contributed by atoms with van der Waals surface area (Å²) in [5.41, 5.74) is 9.17. The highest BCUT2D eigenvalue weighted by atomic mass is 35.5. The average molecular weight is 384 g/mol. The molecule has 0 aliphatic carbocycles. The van der Waals surface area contributed by atoms with Crippen molar-refractivity contribution in [2.45, 2.75) is 33.0 Å². The normalized spacial score (nSPS) is 10.1. The number of halogens is 2. The molecule has 6 heteroatoms. The molecule has 0 spiro atoms. The summed E-state index contributed by atoms with van der Waals surface area (Å²) < 4.78 is 0. The van der Waals surface area contributed by atoms with E-state index in [1.165, 1.54) is 5.56 Å². The topological polar surface area (TPSA) is 58.4 Å². The van der Waals surface area contributed by atoms with Gasteiger partial charge in [-0.2, -0.15) is 0 Å². The summed E-state index contributed by atoms with van der Waals surface area (Å²) in [5.74, 6) is -0.146. The van der Waals surface area contributed by atoms with E-state index in [1.807, 2.05) is 24.3 Å². The van der Waals surface area contributed by atoms with Crippen LogP contribution in [0.5, 0.6) is 0 Å². The van der Waals surface area contributed by atoms with Crippen molar-refractivity contribution in [3.63, 3.8) is 0 Å². The molecule has 0 heterocycles. The van der Waals surface area contributed by atoms with E-state index < -0.39 is 0 Å². The maximum Gasteiger partial charge on any atom is 0.253 e. The van der Waals surface area contributed by atoms with Crippen LogP contribution in [-0.2, 0) is 13.1 Å². The van der Waals surface area contributed by atoms with Crippen LogP contribution in [-0.4, -0.2) is 23.9 Å². The zero-order chi connectivity index (χ0) is 16.8. The molecule has 0 aromatic heterocycles. The van der Waals surface area contributed by atoms with Gasteiger partial charge >= 0.3 is 0 Å². The van der Waals surface area contributed by atoms with Crippen LogP contribution >= 0.6 is 24.8 Å². The molecule has 1 amide bonds. The van der Waals surface area contributed by atoms with Gasteiger partial charge in [0, 0.05) is 24.8 Å². The van der Waals surface area contributed by atoms with Crippen molar-refractivity contribution in [1.82, 2.24) is 10.2 Å². The third kappa shape index (κ3) is 6.94. The first-order valence-corrected chi connectivity index (χ1v) is 7.88. The average Bonchev–Trinajstić information content (AvgIpc) is 2.53. The van der Waals surface area contributed by atoms with E-state index in [1.54, 1.807) is 12.1 Å². The Morgan fingerprint density at radius 3 is 2.36 bits per heavy atom. The second-order valence-electron chi connectivity index (χ2n) is 6.10. The minimum atomic E-state index is -0.146. The number of nitrogen functional groups attached to an aromatic ring is 1. The van der Waals surface area contributed by atoms with Gasteiger partial charge in [-0.3, -0.25) is 9.69 Å². The van der Waals surface area contributed by atoms with Crippen molar-refractivity contribution >= 4 is 36.4 Å². The molecule has 2 rings (SSSR count). The number of rotatable bonds is 6. The van der Waals surface area contributed by atoms with E-state index in [9.17, 15) is 4.79 Å². The van der Waals surface area contributed by atoms with Crippen LogP contribution in [0, 0.1) is 0 Å². The minimum absolute atomic E-state index is 0. The van der Waals surface area contributed by atoms with Crippen LogP contribution in [0.3, 0.4) is 0 Å². The lowest BCUT2D eigenvalue weighted by Crippen LogP contribution is -2.26. The summed E-state index contributed by atoms with van der Waals surface area (Å²) in [6.45, 7) is 5.74. The van der Waals surface area contributed by atoms with Gasteiger partial charge in [0.1, 0.15) is 0 Å². The fraction of sp³-hybridized carbons (Fsp3) is 0.316. The highest BCUT2D eigenvalue weighted by Gasteiger charge is 2.09. The third-order valence-electron chi connectivity index (χ3n) is 3.96. The van der Waals surface area contributed by atoms with Gasteiger partial charge in [-0.15, -0.1) is 24.8 Å². The number of nitrogens with one attached hydrogen (secondary N) is 1. The summed E-state index contributed by atoms with van der Waals surface area (Å²) in [4.78, 5) is 14.5. The number of nitrogens with zero attached hydrogens (tertiary/aromatic N) is 1. The second-order valence-corrected chi connectivity index (χ2v) is 6.10. The number of hydrogen-bond donors (Lipinski definition) is 2.